The van der Waals surface area contributed by atoms with E-state index in [9.17, 15) is 4.39 Å². The van der Waals surface area contributed by atoms with Gasteiger partial charge in [-0.15, -0.1) is 0 Å². The summed E-state index contributed by atoms with van der Waals surface area (Å²) in [5, 5.41) is 8.62. The van der Waals surface area contributed by atoms with Crippen molar-refractivity contribution in [2.75, 3.05) is 25.1 Å². The summed E-state index contributed by atoms with van der Waals surface area (Å²) in [4.78, 5) is 5.18. The van der Waals surface area contributed by atoms with Crippen molar-refractivity contribution >= 4 is 5.69 Å². The lowest BCUT2D eigenvalue weighted by Crippen LogP contribution is -2.21. The predicted molar refractivity (Wildman–Crippen MR) is 44.6 cm³/mol. The molecule has 1 heterocycles. The van der Waals surface area contributed by atoms with E-state index in [0.717, 1.165) is 5.69 Å². The zero-order chi connectivity index (χ0) is 8.97. The lowest BCUT2D eigenvalue weighted by molar-refractivity contribution is 0.304. The molecule has 0 aromatic carbocycles. The summed E-state index contributed by atoms with van der Waals surface area (Å²) in [7, 11) is 1.78. The highest BCUT2D eigenvalue weighted by atomic mass is 19.1. The second kappa shape index (κ2) is 4.01. The number of hydrogen-bond donors (Lipinski definition) is 1. The second-order valence-corrected chi connectivity index (χ2v) is 2.48. The van der Waals surface area contributed by atoms with E-state index in [0.29, 0.717) is 6.54 Å². The van der Waals surface area contributed by atoms with Gasteiger partial charge < -0.3 is 10.0 Å². The number of rotatable bonds is 3. The third kappa shape index (κ3) is 2.17. The van der Waals surface area contributed by atoms with E-state index in [1.54, 1.807) is 18.0 Å². The highest BCUT2D eigenvalue weighted by molar-refractivity contribution is 5.43. The zero-order valence-electron chi connectivity index (χ0n) is 6.87. The van der Waals surface area contributed by atoms with E-state index in [2.05, 4.69) is 4.98 Å². The Morgan fingerprint density at radius 1 is 1.67 bits per heavy atom. The van der Waals surface area contributed by atoms with E-state index >= 15 is 0 Å². The average molecular weight is 170 g/mol. The average Bonchev–Trinajstić information content (AvgIpc) is 2.05. The van der Waals surface area contributed by atoms with Gasteiger partial charge in [0.15, 0.2) is 0 Å². The Balaban J connectivity index is 2.73. The molecule has 0 amide bonds. The normalized spacial score (nSPS) is 9.92. The molecule has 0 saturated carbocycles. The molecule has 3 nitrogen and oxygen atoms in total. The smallest absolute Gasteiger partial charge is 0.214 e. The predicted octanol–water partition coefficient (Wildman–Crippen LogP) is 0.649. The van der Waals surface area contributed by atoms with Crippen molar-refractivity contribution in [3.63, 3.8) is 0 Å². The van der Waals surface area contributed by atoms with Crippen LogP contribution in [0.2, 0.25) is 0 Å². The summed E-state index contributed by atoms with van der Waals surface area (Å²) >= 11 is 0. The molecule has 66 valence electrons. The first-order chi connectivity index (χ1) is 5.74. The van der Waals surface area contributed by atoms with Crippen LogP contribution in [-0.4, -0.2) is 30.3 Å². The molecule has 0 aliphatic rings. The van der Waals surface area contributed by atoms with Crippen molar-refractivity contribution in [3.05, 3.63) is 24.3 Å². The monoisotopic (exact) mass is 170 g/mol. The molecule has 12 heavy (non-hydrogen) atoms. The zero-order valence-corrected chi connectivity index (χ0v) is 6.87. The van der Waals surface area contributed by atoms with Gasteiger partial charge in [0, 0.05) is 31.5 Å². The molecule has 0 spiro atoms. The van der Waals surface area contributed by atoms with Gasteiger partial charge in [-0.2, -0.15) is 4.39 Å². The van der Waals surface area contributed by atoms with Gasteiger partial charge in [-0.3, -0.25) is 0 Å². The fraction of sp³-hybridized carbons (Fsp3) is 0.375. The molecule has 4 heteroatoms. The van der Waals surface area contributed by atoms with Crippen LogP contribution >= 0.6 is 0 Å². The third-order valence-electron chi connectivity index (χ3n) is 1.59. The van der Waals surface area contributed by atoms with Crippen LogP contribution < -0.4 is 4.90 Å². The van der Waals surface area contributed by atoms with Crippen molar-refractivity contribution in [1.29, 1.82) is 0 Å². The fourth-order valence-electron chi connectivity index (χ4n) is 0.909. The molecular formula is C8H11FN2O. The number of aromatic nitrogens is 1. The lowest BCUT2D eigenvalue weighted by atomic mass is 10.3. The molecule has 1 aromatic rings. The second-order valence-electron chi connectivity index (χ2n) is 2.48. The number of anilines is 1. The Hall–Kier alpha value is -1.16. The summed E-state index contributed by atoms with van der Waals surface area (Å²) in [6.45, 7) is 0.546. The number of aliphatic hydroxyl groups is 1. The van der Waals surface area contributed by atoms with Crippen LogP contribution in [0, 0.1) is 5.95 Å². The molecular weight excluding hydrogens is 159 g/mol. The van der Waals surface area contributed by atoms with E-state index in [-0.39, 0.29) is 6.61 Å². The van der Waals surface area contributed by atoms with Crippen LogP contribution in [0.25, 0.3) is 0 Å². The van der Waals surface area contributed by atoms with Gasteiger partial charge in [-0.1, -0.05) is 0 Å². The van der Waals surface area contributed by atoms with Gasteiger partial charge in [0.25, 0.3) is 0 Å². The topological polar surface area (TPSA) is 36.4 Å². The number of nitrogens with zero attached hydrogens (tertiary/aromatic N) is 2. The molecule has 1 aromatic heterocycles. The quantitative estimate of drug-likeness (QED) is 0.676. The lowest BCUT2D eigenvalue weighted by Gasteiger charge is -2.16. The molecule has 0 fully saturated rings. The van der Waals surface area contributed by atoms with Crippen LogP contribution in [0.15, 0.2) is 18.3 Å². The largest absolute Gasteiger partial charge is 0.395 e. The first-order valence-corrected chi connectivity index (χ1v) is 3.67. The standard InChI is InChI=1S/C8H11FN2O/c1-11(4-5-12)7-2-3-10-8(9)6-7/h2-3,6,12H,4-5H2,1H3. The summed E-state index contributed by atoms with van der Waals surface area (Å²) in [5.41, 5.74) is 0.719. The van der Waals surface area contributed by atoms with Gasteiger partial charge >= 0.3 is 0 Å². The summed E-state index contributed by atoms with van der Waals surface area (Å²) in [6.07, 6.45) is 1.40. The minimum absolute atomic E-state index is 0.0560. The van der Waals surface area contributed by atoms with Crippen molar-refractivity contribution in [3.8, 4) is 0 Å². The van der Waals surface area contributed by atoms with Crippen LogP contribution in [0.4, 0.5) is 10.1 Å². The molecule has 0 saturated heterocycles. The third-order valence-corrected chi connectivity index (χ3v) is 1.59. The first kappa shape index (κ1) is 8.93. The molecule has 0 radical (unpaired) electrons. The van der Waals surface area contributed by atoms with Crippen molar-refractivity contribution in [1.82, 2.24) is 4.98 Å². The Bertz CT molecular complexity index is 255. The van der Waals surface area contributed by atoms with E-state index in [1.165, 1.54) is 12.3 Å². The number of pyridine rings is 1. The Kier molecular flexibility index (Phi) is 2.99. The van der Waals surface area contributed by atoms with E-state index in [4.69, 9.17) is 5.11 Å². The number of aliphatic hydroxyl groups excluding tert-OH is 1. The molecule has 1 rings (SSSR count). The first-order valence-electron chi connectivity index (χ1n) is 3.67. The van der Waals surface area contributed by atoms with Gasteiger partial charge in [-0.25, -0.2) is 4.98 Å². The van der Waals surface area contributed by atoms with E-state index in [1.807, 2.05) is 0 Å². The molecule has 0 aliphatic heterocycles. The number of hydrogen-bond acceptors (Lipinski definition) is 3. The van der Waals surface area contributed by atoms with Crippen LogP contribution in [0.5, 0.6) is 0 Å². The maximum absolute atomic E-state index is 12.6. The van der Waals surface area contributed by atoms with Crippen molar-refractivity contribution in [2.24, 2.45) is 0 Å². The summed E-state index contributed by atoms with van der Waals surface area (Å²) in [5.74, 6) is -0.503. The summed E-state index contributed by atoms with van der Waals surface area (Å²) < 4.78 is 12.6. The Labute approximate surface area is 70.5 Å². The van der Waals surface area contributed by atoms with Crippen molar-refractivity contribution in [2.45, 2.75) is 0 Å². The molecule has 0 unspecified atom stereocenters. The fourth-order valence-corrected chi connectivity index (χ4v) is 0.909. The Morgan fingerprint density at radius 2 is 2.42 bits per heavy atom. The maximum atomic E-state index is 12.6. The molecule has 1 N–H and O–H groups in total. The highest BCUT2D eigenvalue weighted by Crippen LogP contribution is 2.10. The SMILES string of the molecule is CN(CCO)c1ccnc(F)c1. The van der Waals surface area contributed by atoms with Crippen LogP contribution in [-0.2, 0) is 0 Å². The number of likely N-dealkylation sites (N-methyl/N-ethyl adjacent to an activating group) is 1. The molecule has 0 aliphatic carbocycles. The molecule has 0 bridgehead atoms. The van der Waals surface area contributed by atoms with Gasteiger partial charge in [-0.05, 0) is 6.07 Å². The van der Waals surface area contributed by atoms with Crippen LogP contribution in [0.1, 0.15) is 0 Å². The minimum Gasteiger partial charge on any atom is -0.395 e. The van der Waals surface area contributed by atoms with Crippen molar-refractivity contribution < 1.29 is 9.50 Å². The van der Waals surface area contributed by atoms with E-state index < -0.39 is 5.95 Å². The Morgan fingerprint density at radius 3 is 3.00 bits per heavy atom. The maximum Gasteiger partial charge on any atom is 0.214 e. The van der Waals surface area contributed by atoms with Gasteiger partial charge in [0.05, 0.1) is 6.61 Å². The minimum atomic E-state index is -0.503. The number of halogens is 1. The highest BCUT2D eigenvalue weighted by Gasteiger charge is 2.00. The van der Waals surface area contributed by atoms with Gasteiger partial charge in [0.2, 0.25) is 5.95 Å². The van der Waals surface area contributed by atoms with Gasteiger partial charge in [0.1, 0.15) is 0 Å². The molecule has 0 atom stereocenters. The summed E-state index contributed by atoms with van der Waals surface area (Å²) in [6, 6.07) is 3.02. The van der Waals surface area contributed by atoms with Crippen LogP contribution in [0.3, 0.4) is 0 Å².